The van der Waals surface area contributed by atoms with E-state index in [0.29, 0.717) is 0 Å². The number of nitrogens with one attached hydrogen (secondary N) is 1. The van der Waals surface area contributed by atoms with Crippen LogP contribution in [0.1, 0.15) is 31.0 Å². The molecule has 4 N–H and O–H groups in total. The molecular weight excluding hydrogens is 376 g/mol. The number of carboxylic acid groups (broad SMARTS) is 1. The summed E-state index contributed by atoms with van der Waals surface area (Å²) in [5.74, 6) is -1.37. The zero-order valence-electron chi connectivity index (χ0n) is 17.3. The van der Waals surface area contributed by atoms with Gasteiger partial charge in [-0.3, -0.25) is 4.79 Å². The third-order valence-corrected chi connectivity index (χ3v) is 4.50. The van der Waals surface area contributed by atoms with Gasteiger partial charge in [0.15, 0.2) is 0 Å². The Balaban J connectivity index is 0.000000297. The van der Waals surface area contributed by atoms with Crippen molar-refractivity contribution < 1.29 is 14.7 Å². The van der Waals surface area contributed by atoms with Crippen molar-refractivity contribution in [3.05, 3.63) is 96.1 Å². The molecule has 0 aromatic heterocycles. The third kappa shape index (κ3) is 7.53. The van der Waals surface area contributed by atoms with E-state index >= 15 is 0 Å². The van der Waals surface area contributed by atoms with E-state index in [2.05, 4.69) is 5.32 Å². The van der Waals surface area contributed by atoms with E-state index in [-0.39, 0.29) is 18.4 Å². The van der Waals surface area contributed by atoms with Gasteiger partial charge in [-0.2, -0.15) is 0 Å². The summed E-state index contributed by atoms with van der Waals surface area (Å²) < 4.78 is 0. The number of rotatable bonds is 6. The highest BCUT2D eigenvalue weighted by atomic mass is 16.4. The number of carbonyl (C=O) groups excluding carboxylic acids is 1. The Kier molecular flexibility index (Phi) is 8.78. The predicted octanol–water partition coefficient (Wildman–Crippen LogP) is 4.19. The predicted molar refractivity (Wildman–Crippen MR) is 120 cm³/mol. The lowest BCUT2D eigenvalue weighted by Gasteiger charge is -2.13. The maximum atomic E-state index is 11.1. The molecule has 3 aromatic rings. The molecule has 30 heavy (non-hydrogen) atoms. The van der Waals surface area contributed by atoms with Crippen molar-refractivity contribution in [2.45, 2.75) is 32.4 Å². The highest BCUT2D eigenvalue weighted by Gasteiger charge is 2.18. The summed E-state index contributed by atoms with van der Waals surface area (Å²) in [6.07, 6.45) is 0.268. The molecule has 0 heterocycles. The molecule has 2 atom stereocenters. The van der Waals surface area contributed by atoms with Crippen LogP contribution >= 0.6 is 0 Å². The van der Waals surface area contributed by atoms with Crippen LogP contribution in [-0.4, -0.2) is 23.0 Å². The van der Waals surface area contributed by atoms with Gasteiger partial charge in [0, 0.05) is 19.4 Å². The Hall–Kier alpha value is -3.44. The zero-order chi connectivity index (χ0) is 21.9. The average molecular weight is 405 g/mol. The minimum Gasteiger partial charge on any atom is -0.480 e. The Bertz CT molecular complexity index is 924. The van der Waals surface area contributed by atoms with Gasteiger partial charge in [0.2, 0.25) is 5.91 Å². The fourth-order valence-electron chi connectivity index (χ4n) is 2.90. The number of amides is 1. The molecule has 0 bridgehead atoms. The van der Waals surface area contributed by atoms with E-state index in [1.165, 1.54) is 12.5 Å². The molecule has 0 saturated carbocycles. The topological polar surface area (TPSA) is 92.4 Å². The van der Waals surface area contributed by atoms with E-state index < -0.39 is 12.0 Å². The number of hydrogen-bond donors (Lipinski definition) is 3. The summed E-state index contributed by atoms with van der Waals surface area (Å²) in [6, 6.07) is 27.0. The first-order valence-electron chi connectivity index (χ1n) is 9.81. The number of nitrogens with two attached hydrogens (primary N) is 1. The van der Waals surface area contributed by atoms with Crippen molar-refractivity contribution in [3.63, 3.8) is 0 Å². The van der Waals surface area contributed by atoms with Gasteiger partial charge in [0.1, 0.15) is 6.04 Å². The molecule has 3 aromatic carbocycles. The van der Waals surface area contributed by atoms with Crippen molar-refractivity contribution in [2.75, 3.05) is 0 Å². The molecule has 156 valence electrons. The molecule has 0 fully saturated rings. The van der Waals surface area contributed by atoms with Gasteiger partial charge in [0.25, 0.3) is 0 Å². The van der Waals surface area contributed by atoms with E-state index in [1.807, 2.05) is 91.9 Å². The fraction of sp³-hybridized carbons (Fsp3) is 0.200. The zero-order valence-corrected chi connectivity index (χ0v) is 17.3. The molecule has 0 radical (unpaired) electrons. The summed E-state index contributed by atoms with van der Waals surface area (Å²) in [7, 11) is 0. The van der Waals surface area contributed by atoms with Gasteiger partial charge in [-0.25, -0.2) is 4.79 Å². The lowest BCUT2D eigenvalue weighted by molar-refractivity contribution is -0.141. The molecule has 3 rings (SSSR count). The van der Waals surface area contributed by atoms with Crippen LogP contribution in [0.15, 0.2) is 84.9 Å². The molecule has 0 aliphatic carbocycles. The van der Waals surface area contributed by atoms with E-state index in [4.69, 9.17) is 10.8 Å². The largest absolute Gasteiger partial charge is 0.480 e. The molecule has 5 nitrogen and oxygen atoms in total. The van der Waals surface area contributed by atoms with Crippen LogP contribution in [0.5, 0.6) is 0 Å². The molecule has 0 aliphatic heterocycles. The summed E-state index contributed by atoms with van der Waals surface area (Å²) in [6.45, 7) is 3.30. The van der Waals surface area contributed by atoms with Crippen LogP contribution < -0.4 is 11.1 Å². The summed E-state index contributed by atoms with van der Waals surface area (Å²) in [5, 5.41) is 11.5. The standard InChI is InChI=1S/C17H17NO3.C8H11N/c1-12(19)18-16(17(20)21)11-13-7-9-15(10-8-13)14-5-3-2-4-6-14;1-7(9)8-5-3-2-4-6-8/h2-10,16H,11H2,1H3,(H,18,19)(H,20,21);2-7H,9H2,1H3. The molecule has 0 aliphatic rings. The number of aliphatic carboxylic acids is 1. The quantitative estimate of drug-likeness (QED) is 0.574. The van der Waals surface area contributed by atoms with E-state index in [0.717, 1.165) is 16.7 Å². The second-order valence-electron chi connectivity index (χ2n) is 7.06. The highest BCUT2D eigenvalue weighted by Crippen LogP contribution is 2.19. The first-order chi connectivity index (χ1) is 14.4. The van der Waals surface area contributed by atoms with Gasteiger partial charge in [-0.05, 0) is 29.2 Å². The van der Waals surface area contributed by atoms with Gasteiger partial charge in [0.05, 0.1) is 0 Å². The van der Waals surface area contributed by atoms with Crippen LogP contribution in [-0.2, 0) is 16.0 Å². The average Bonchev–Trinajstić information content (AvgIpc) is 2.75. The van der Waals surface area contributed by atoms with Crippen molar-refractivity contribution in [1.29, 1.82) is 0 Å². The molecule has 0 spiro atoms. The Morgan fingerprint density at radius 1 is 0.867 bits per heavy atom. The lowest BCUT2D eigenvalue weighted by atomic mass is 10.0. The molecule has 2 unspecified atom stereocenters. The first-order valence-corrected chi connectivity index (χ1v) is 9.81. The van der Waals surface area contributed by atoms with Crippen LogP contribution in [0.25, 0.3) is 11.1 Å². The Morgan fingerprint density at radius 3 is 1.80 bits per heavy atom. The van der Waals surface area contributed by atoms with Gasteiger partial charge in [-0.1, -0.05) is 84.9 Å². The van der Waals surface area contributed by atoms with Crippen molar-refractivity contribution in [3.8, 4) is 11.1 Å². The minimum absolute atomic E-state index is 0.159. The molecule has 0 saturated heterocycles. The van der Waals surface area contributed by atoms with Gasteiger partial charge < -0.3 is 16.2 Å². The number of carbonyl (C=O) groups is 2. The monoisotopic (exact) mass is 404 g/mol. The van der Waals surface area contributed by atoms with Gasteiger partial charge >= 0.3 is 5.97 Å². The van der Waals surface area contributed by atoms with E-state index in [1.54, 1.807) is 0 Å². The number of benzene rings is 3. The second kappa shape index (κ2) is 11.5. The SMILES string of the molecule is CC(=O)NC(Cc1ccc(-c2ccccc2)cc1)C(=O)O.CC(N)c1ccccc1. The normalized spacial score (nSPS) is 12.1. The molecule has 5 heteroatoms. The van der Waals surface area contributed by atoms with Crippen molar-refractivity contribution >= 4 is 11.9 Å². The molecular formula is C25H28N2O3. The van der Waals surface area contributed by atoms with Crippen LogP contribution in [0.2, 0.25) is 0 Å². The van der Waals surface area contributed by atoms with Crippen molar-refractivity contribution in [1.82, 2.24) is 5.32 Å². The lowest BCUT2D eigenvalue weighted by Crippen LogP contribution is -2.41. The van der Waals surface area contributed by atoms with Crippen LogP contribution in [0.3, 0.4) is 0 Å². The van der Waals surface area contributed by atoms with Crippen LogP contribution in [0.4, 0.5) is 0 Å². The maximum Gasteiger partial charge on any atom is 0.326 e. The molecule has 1 amide bonds. The van der Waals surface area contributed by atoms with Crippen LogP contribution in [0, 0.1) is 0 Å². The number of hydrogen-bond acceptors (Lipinski definition) is 3. The number of carboxylic acids is 1. The van der Waals surface area contributed by atoms with Crippen molar-refractivity contribution in [2.24, 2.45) is 5.73 Å². The highest BCUT2D eigenvalue weighted by molar-refractivity contribution is 5.82. The fourth-order valence-corrected chi connectivity index (χ4v) is 2.90. The maximum absolute atomic E-state index is 11.1. The Labute approximate surface area is 177 Å². The second-order valence-corrected chi connectivity index (χ2v) is 7.06. The summed E-state index contributed by atoms with van der Waals surface area (Å²) >= 11 is 0. The summed E-state index contributed by atoms with van der Waals surface area (Å²) in [4.78, 5) is 22.1. The smallest absolute Gasteiger partial charge is 0.326 e. The summed E-state index contributed by atoms with van der Waals surface area (Å²) in [5.41, 5.74) is 9.86. The third-order valence-electron chi connectivity index (χ3n) is 4.50. The van der Waals surface area contributed by atoms with E-state index in [9.17, 15) is 9.59 Å². The van der Waals surface area contributed by atoms with Gasteiger partial charge in [-0.15, -0.1) is 0 Å². The Morgan fingerprint density at radius 2 is 1.37 bits per heavy atom. The minimum atomic E-state index is -1.03. The first kappa shape index (κ1) is 22.8.